The lowest BCUT2D eigenvalue weighted by Crippen LogP contribution is -1.78. The van der Waals surface area contributed by atoms with Crippen LogP contribution in [0.4, 0.5) is 0 Å². The van der Waals surface area contributed by atoms with Crippen molar-refractivity contribution in [2.45, 2.75) is 6.92 Å². The van der Waals surface area contributed by atoms with Crippen molar-refractivity contribution in [3.63, 3.8) is 0 Å². The molecule has 1 heteroatoms. The van der Waals surface area contributed by atoms with Crippen LogP contribution in [0, 0.1) is 11.8 Å². The fourth-order valence-corrected chi connectivity index (χ4v) is 1.54. The van der Waals surface area contributed by atoms with E-state index < -0.39 is 0 Å². The van der Waals surface area contributed by atoms with E-state index in [1.54, 1.807) is 12.1 Å². The van der Waals surface area contributed by atoms with Gasteiger partial charge in [0, 0.05) is 5.56 Å². The van der Waals surface area contributed by atoms with Gasteiger partial charge in [0.05, 0.1) is 0 Å². The summed E-state index contributed by atoms with van der Waals surface area (Å²) >= 11 is 0. The van der Waals surface area contributed by atoms with Gasteiger partial charge >= 0.3 is 0 Å². The van der Waals surface area contributed by atoms with Crippen molar-refractivity contribution < 1.29 is 5.11 Å². The van der Waals surface area contributed by atoms with Crippen LogP contribution >= 0.6 is 0 Å². The molecule has 2 aromatic carbocycles. The predicted octanol–water partition coefficient (Wildman–Crippen LogP) is 3.43. The summed E-state index contributed by atoms with van der Waals surface area (Å²) in [5.41, 5.74) is 3.24. The SMILES string of the molecule is CC#Cc1ccc(-c2ccc(O)cc2)cc1. The Morgan fingerprint density at radius 1 is 0.812 bits per heavy atom. The molecule has 0 atom stereocenters. The second-order valence-corrected chi connectivity index (χ2v) is 3.50. The van der Waals surface area contributed by atoms with Gasteiger partial charge in [-0.1, -0.05) is 30.2 Å². The standard InChI is InChI=1S/C15H12O/c1-2-3-12-4-6-13(7-5-12)14-8-10-15(16)11-9-14/h4-11,16H,1H3. The van der Waals surface area contributed by atoms with Crippen LogP contribution < -0.4 is 0 Å². The summed E-state index contributed by atoms with van der Waals surface area (Å²) in [6.45, 7) is 1.83. The number of rotatable bonds is 1. The molecule has 0 unspecified atom stereocenters. The van der Waals surface area contributed by atoms with E-state index in [2.05, 4.69) is 11.8 Å². The third kappa shape index (κ3) is 2.24. The fourth-order valence-electron chi connectivity index (χ4n) is 1.54. The molecule has 2 rings (SSSR count). The highest BCUT2D eigenvalue weighted by molar-refractivity contribution is 5.65. The van der Waals surface area contributed by atoms with Crippen molar-refractivity contribution in [1.82, 2.24) is 0 Å². The van der Waals surface area contributed by atoms with Crippen molar-refractivity contribution >= 4 is 0 Å². The van der Waals surface area contributed by atoms with E-state index >= 15 is 0 Å². The number of phenols is 1. The molecule has 0 heterocycles. The van der Waals surface area contributed by atoms with Crippen LogP contribution in [0.3, 0.4) is 0 Å². The predicted molar refractivity (Wildman–Crippen MR) is 66.1 cm³/mol. The van der Waals surface area contributed by atoms with Gasteiger partial charge in [0.15, 0.2) is 0 Å². The molecule has 0 amide bonds. The highest BCUT2D eigenvalue weighted by Gasteiger charge is 1.97. The van der Waals surface area contributed by atoms with Crippen LogP contribution in [-0.4, -0.2) is 5.11 Å². The molecule has 1 N–H and O–H groups in total. The molecule has 78 valence electrons. The normalized spacial score (nSPS) is 9.31. The zero-order chi connectivity index (χ0) is 11.4. The van der Waals surface area contributed by atoms with Crippen molar-refractivity contribution in [3.8, 4) is 28.7 Å². The molecule has 0 saturated heterocycles. The van der Waals surface area contributed by atoms with E-state index in [0.717, 1.165) is 16.7 Å². The quantitative estimate of drug-likeness (QED) is 0.712. The minimum Gasteiger partial charge on any atom is -0.508 e. The second kappa shape index (κ2) is 4.55. The minimum atomic E-state index is 0.289. The van der Waals surface area contributed by atoms with Crippen LogP contribution in [0.2, 0.25) is 0 Å². The Morgan fingerprint density at radius 3 is 1.81 bits per heavy atom. The zero-order valence-electron chi connectivity index (χ0n) is 9.07. The lowest BCUT2D eigenvalue weighted by molar-refractivity contribution is 0.475. The Balaban J connectivity index is 2.33. The van der Waals surface area contributed by atoms with Gasteiger partial charge in [-0.15, -0.1) is 5.92 Å². The number of benzene rings is 2. The van der Waals surface area contributed by atoms with Crippen LogP contribution in [-0.2, 0) is 0 Å². The maximum atomic E-state index is 9.20. The first-order valence-corrected chi connectivity index (χ1v) is 5.12. The average molecular weight is 208 g/mol. The van der Waals surface area contributed by atoms with Gasteiger partial charge in [-0.25, -0.2) is 0 Å². The molecule has 0 aliphatic rings. The first-order valence-electron chi connectivity index (χ1n) is 5.12. The van der Waals surface area contributed by atoms with E-state index in [4.69, 9.17) is 0 Å². The molecule has 0 aliphatic carbocycles. The van der Waals surface area contributed by atoms with E-state index in [1.165, 1.54) is 0 Å². The maximum absolute atomic E-state index is 9.20. The summed E-state index contributed by atoms with van der Waals surface area (Å²) in [5.74, 6) is 6.16. The van der Waals surface area contributed by atoms with E-state index in [-0.39, 0.29) is 5.75 Å². The maximum Gasteiger partial charge on any atom is 0.115 e. The Labute approximate surface area is 95.4 Å². The Kier molecular flexibility index (Phi) is 2.93. The van der Waals surface area contributed by atoms with Crippen LogP contribution in [0.1, 0.15) is 12.5 Å². The second-order valence-electron chi connectivity index (χ2n) is 3.50. The van der Waals surface area contributed by atoms with Crippen molar-refractivity contribution in [3.05, 3.63) is 54.1 Å². The summed E-state index contributed by atoms with van der Waals surface area (Å²) < 4.78 is 0. The number of hydrogen-bond donors (Lipinski definition) is 1. The van der Waals surface area contributed by atoms with Crippen molar-refractivity contribution in [2.24, 2.45) is 0 Å². The van der Waals surface area contributed by atoms with Crippen molar-refractivity contribution in [2.75, 3.05) is 0 Å². The van der Waals surface area contributed by atoms with Gasteiger partial charge in [-0.2, -0.15) is 0 Å². The number of phenolic OH excluding ortho intramolecular Hbond substituents is 1. The Morgan fingerprint density at radius 2 is 1.31 bits per heavy atom. The van der Waals surface area contributed by atoms with Gasteiger partial charge in [0.25, 0.3) is 0 Å². The average Bonchev–Trinajstić information content (AvgIpc) is 2.32. The van der Waals surface area contributed by atoms with Gasteiger partial charge in [0.2, 0.25) is 0 Å². The molecule has 1 nitrogen and oxygen atoms in total. The van der Waals surface area contributed by atoms with Gasteiger partial charge < -0.3 is 5.11 Å². The summed E-state index contributed by atoms with van der Waals surface area (Å²) in [5, 5.41) is 9.20. The summed E-state index contributed by atoms with van der Waals surface area (Å²) in [4.78, 5) is 0. The molecular formula is C15H12O. The third-order valence-corrected chi connectivity index (χ3v) is 2.35. The number of hydrogen-bond acceptors (Lipinski definition) is 1. The molecule has 16 heavy (non-hydrogen) atoms. The highest BCUT2D eigenvalue weighted by Crippen LogP contribution is 2.21. The van der Waals surface area contributed by atoms with E-state index in [0.29, 0.717) is 0 Å². The smallest absolute Gasteiger partial charge is 0.115 e. The molecule has 0 saturated carbocycles. The Bertz CT molecular complexity index is 524. The zero-order valence-corrected chi connectivity index (χ0v) is 9.07. The fraction of sp³-hybridized carbons (Fsp3) is 0.0667. The molecule has 0 spiro atoms. The lowest BCUT2D eigenvalue weighted by Gasteiger charge is -2.01. The largest absolute Gasteiger partial charge is 0.508 e. The van der Waals surface area contributed by atoms with Crippen LogP contribution in [0.25, 0.3) is 11.1 Å². The highest BCUT2D eigenvalue weighted by atomic mass is 16.3. The first kappa shape index (κ1) is 10.3. The lowest BCUT2D eigenvalue weighted by atomic mass is 10.0. The summed E-state index contributed by atoms with van der Waals surface area (Å²) in [6, 6.07) is 15.2. The number of aromatic hydroxyl groups is 1. The van der Waals surface area contributed by atoms with E-state index in [9.17, 15) is 5.11 Å². The Hall–Kier alpha value is -2.20. The molecule has 2 aromatic rings. The topological polar surface area (TPSA) is 20.2 Å². The third-order valence-electron chi connectivity index (χ3n) is 2.35. The van der Waals surface area contributed by atoms with E-state index in [1.807, 2.05) is 43.3 Å². The van der Waals surface area contributed by atoms with Gasteiger partial charge in [-0.3, -0.25) is 0 Å². The molecule has 0 aliphatic heterocycles. The molecule has 0 aromatic heterocycles. The van der Waals surface area contributed by atoms with Crippen LogP contribution in [0.5, 0.6) is 5.75 Å². The molecule has 0 radical (unpaired) electrons. The molecule has 0 fully saturated rings. The first-order chi connectivity index (χ1) is 7.79. The van der Waals surface area contributed by atoms with Crippen LogP contribution in [0.15, 0.2) is 48.5 Å². The summed E-state index contributed by atoms with van der Waals surface area (Å²) in [6.07, 6.45) is 0. The monoisotopic (exact) mass is 208 g/mol. The molecular weight excluding hydrogens is 196 g/mol. The summed E-state index contributed by atoms with van der Waals surface area (Å²) in [7, 11) is 0. The van der Waals surface area contributed by atoms with Crippen molar-refractivity contribution in [1.29, 1.82) is 0 Å². The minimum absolute atomic E-state index is 0.289. The van der Waals surface area contributed by atoms with Gasteiger partial charge in [0.1, 0.15) is 5.75 Å². The van der Waals surface area contributed by atoms with Gasteiger partial charge in [-0.05, 0) is 42.3 Å². The molecule has 0 bridgehead atoms.